The summed E-state index contributed by atoms with van der Waals surface area (Å²) in [4.78, 5) is 19.2. The van der Waals surface area contributed by atoms with Crippen molar-refractivity contribution >= 4 is 28.8 Å². The number of nitrogens with zero attached hydrogens (tertiary/aromatic N) is 4. The largest absolute Gasteiger partial charge is 0.308 e. The lowest BCUT2D eigenvalue weighted by Gasteiger charge is -2.13. The second-order valence-corrected chi connectivity index (χ2v) is 7.31. The van der Waals surface area contributed by atoms with E-state index in [0.717, 1.165) is 46.3 Å². The highest BCUT2D eigenvalue weighted by Crippen LogP contribution is 2.30. The number of para-hydroxylation sites is 1. The SMILES string of the molecule is C=Cc1nc(-c2nc(-c3ccccc3)c3ccccc3n2)nc(/C(=C/CC)CC)c1C=N. The molecule has 4 rings (SSSR count). The fourth-order valence-corrected chi connectivity index (χ4v) is 3.78. The molecule has 0 saturated heterocycles. The monoisotopic (exact) mass is 419 g/mol. The second kappa shape index (κ2) is 9.43. The van der Waals surface area contributed by atoms with Crippen LogP contribution in [-0.2, 0) is 0 Å². The van der Waals surface area contributed by atoms with Crippen LogP contribution in [0.4, 0.5) is 0 Å². The predicted octanol–water partition coefficient (Wildman–Crippen LogP) is 6.60. The first-order valence-electron chi connectivity index (χ1n) is 10.8. The Bertz CT molecular complexity index is 1320. The summed E-state index contributed by atoms with van der Waals surface area (Å²) < 4.78 is 0. The molecular formula is C27H25N5. The van der Waals surface area contributed by atoms with Gasteiger partial charge in [0.1, 0.15) is 0 Å². The number of hydrogen-bond acceptors (Lipinski definition) is 5. The van der Waals surface area contributed by atoms with Crippen molar-refractivity contribution in [1.82, 2.24) is 19.9 Å². The Morgan fingerprint density at radius 1 is 0.906 bits per heavy atom. The van der Waals surface area contributed by atoms with Gasteiger partial charge in [0.25, 0.3) is 0 Å². The summed E-state index contributed by atoms with van der Waals surface area (Å²) in [5, 5.41) is 8.92. The summed E-state index contributed by atoms with van der Waals surface area (Å²) in [6.45, 7) is 8.09. The summed E-state index contributed by atoms with van der Waals surface area (Å²) in [6, 6.07) is 18.0. The van der Waals surface area contributed by atoms with E-state index in [9.17, 15) is 0 Å². The molecule has 0 spiro atoms. The molecule has 2 aromatic heterocycles. The molecule has 0 aliphatic carbocycles. The molecule has 2 heterocycles. The average Bonchev–Trinajstić information content (AvgIpc) is 2.86. The third-order valence-corrected chi connectivity index (χ3v) is 5.30. The molecule has 4 aromatic rings. The number of allylic oxidation sites excluding steroid dienone is 2. The molecule has 0 radical (unpaired) electrons. The van der Waals surface area contributed by atoms with Crippen LogP contribution < -0.4 is 0 Å². The molecule has 158 valence electrons. The number of benzene rings is 2. The van der Waals surface area contributed by atoms with E-state index in [1.807, 2.05) is 54.6 Å². The van der Waals surface area contributed by atoms with E-state index in [4.69, 9.17) is 20.4 Å². The zero-order valence-corrected chi connectivity index (χ0v) is 18.3. The van der Waals surface area contributed by atoms with E-state index < -0.39 is 0 Å². The Morgan fingerprint density at radius 2 is 1.62 bits per heavy atom. The molecule has 32 heavy (non-hydrogen) atoms. The molecule has 0 amide bonds. The van der Waals surface area contributed by atoms with Crippen LogP contribution in [0.5, 0.6) is 0 Å². The molecule has 0 aliphatic rings. The van der Waals surface area contributed by atoms with Gasteiger partial charge in [0.15, 0.2) is 11.6 Å². The van der Waals surface area contributed by atoms with Crippen molar-refractivity contribution in [3.63, 3.8) is 0 Å². The summed E-state index contributed by atoms with van der Waals surface area (Å²) in [7, 11) is 0. The van der Waals surface area contributed by atoms with E-state index in [-0.39, 0.29) is 0 Å². The van der Waals surface area contributed by atoms with Gasteiger partial charge < -0.3 is 5.41 Å². The van der Waals surface area contributed by atoms with Gasteiger partial charge in [-0.3, -0.25) is 0 Å². The zero-order valence-electron chi connectivity index (χ0n) is 18.3. The van der Waals surface area contributed by atoms with E-state index >= 15 is 0 Å². The van der Waals surface area contributed by atoms with Crippen LogP contribution in [0.15, 0.2) is 67.3 Å². The molecule has 2 aromatic carbocycles. The van der Waals surface area contributed by atoms with Gasteiger partial charge in [0.2, 0.25) is 0 Å². The predicted molar refractivity (Wildman–Crippen MR) is 133 cm³/mol. The maximum atomic E-state index is 7.95. The van der Waals surface area contributed by atoms with Gasteiger partial charge in [-0.2, -0.15) is 0 Å². The van der Waals surface area contributed by atoms with Crippen LogP contribution in [0.3, 0.4) is 0 Å². The van der Waals surface area contributed by atoms with Crippen LogP contribution in [0.1, 0.15) is 43.6 Å². The number of fused-ring (bicyclic) bond motifs is 1. The van der Waals surface area contributed by atoms with E-state index in [2.05, 4.69) is 31.5 Å². The van der Waals surface area contributed by atoms with Crippen LogP contribution >= 0.6 is 0 Å². The van der Waals surface area contributed by atoms with Gasteiger partial charge >= 0.3 is 0 Å². The first kappa shape index (κ1) is 21.2. The fourth-order valence-electron chi connectivity index (χ4n) is 3.78. The van der Waals surface area contributed by atoms with Crippen molar-refractivity contribution < 1.29 is 0 Å². The molecule has 0 atom stereocenters. The van der Waals surface area contributed by atoms with Crippen molar-refractivity contribution in [3.05, 3.63) is 84.2 Å². The van der Waals surface area contributed by atoms with Gasteiger partial charge in [0, 0.05) is 22.7 Å². The van der Waals surface area contributed by atoms with E-state index in [1.54, 1.807) is 6.08 Å². The van der Waals surface area contributed by atoms with Crippen LogP contribution in [0.25, 0.3) is 45.5 Å². The quantitative estimate of drug-likeness (QED) is 0.343. The summed E-state index contributed by atoms with van der Waals surface area (Å²) >= 11 is 0. The lowest BCUT2D eigenvalue weighted by Crippen LogP contribution is -2.07. The smallest absolute Gasteiger partial charge is 0.198 e. The number of hydrogen-bond donors (Lipinski definition) is 1. The Labute approximate surface area is 188 Å². The standard InChI is InChI=1S/C27H25N5/c1-4-12-18(5-2)24-21(17-28)22(6-3)29-26(31-24)27-30-23-16-11-10-15-20(23)25(32-27)19-13-8-7-9-14-19/h6-17,28H,3-5H2,1-2H3/b18-12+,28-17?. The van der Waals surface area contributed by atoms with Gasteiger partial charge in [-0.25, -0.2) is 19.9 Å². The van der Waals surface area contributed by atoms with Crippen LogP contribution in [-0.4, -0.2) is 26.2 Å². The molecule has 1 N–H and O–H groups in total. The molecule has 0 saturated carbocycles. The molecule has 0 unspecified atom stereocenters. The summed E-state index contributed by atoms with van der Waals surface area (Å²) in [5.74, 6) is 0.884. The molecule has 0 fully saturated rings. The third kappa shape index (κ3) is 3.97. The molecule has 0 aliphatic heterocycles. The zero-order chi connectivity index (χ0) is 22.5. The first-order valence-corrected chi connectivity index (χ1v) is 10.8. The molecular weight excluding hydrogens is 394 g/mol. The topological polar surface area (TPSA) is 75.4 Å². The summed E-state index contributed by atoms with van der Waals surface area (Å²) in [6.07, 6.45) is 6.78. The average molecular weight is 420 g/mol. The van der Waals surface area contributed by atoms with Crippen molar-refractivity contribution in [2.45, 2.75) is 26.7 Å². The Hall–Kier alpha value is -3.99. The molecule has 5 nitrogen and oxygen atoms in total. The summed E-state index contributed by atoms with van der Waals surface area (Å²) in [5.41, 5.74) is 5.75. The van der Waals surface area contributed by atoms with Crippen LogP contribution in [0, 0.1) is 5.41 Å². The minimum Gasteiger partial charge on any atom is -0.308 e. The maximum Gasteiger partial charge on any atom is 0.198 e. The first-order chi connectivity index (χ1) is 15.7. The molecule has 5 heteroatoms. The lowest BCUT2D eigenvalue weighted by atomic mass is 10.0. The van der Waals surface area contributed by atoms with Gasteiger partial charge in [-0.15, -0.1) is 0 Å². The molecule has 0 bridgehead atoms. The second-order valence-electron chi connectivity index (χ2n) is 7.31. The lowest BCUT2D eigenvalue weighted by molar-refractivity contribution is 1.05. The van der Waals surface area contributed by atoms with Gasteiger partial charge in [0.05, 0.1) is 22.6 Å². The van der Waals surface area contributed by atoms with Crippen molar-refractivity contribution in [2.24, 2.45) is 0 Å². The Morgan fingerprint density at radius 3 is 2.31 bits per heavy atom. The fraction of sp³-hybridized carbons (Fsp3) is 0.148. The van der Waals surface area contributed by atoms with Gasteiger partial charge in [-0.05, 0) is 30.6 Å². The highest BCUT2D eigenvalue weighted by Gasteiger charge is 2.18. The van der Waals surface area contributed by atoms with Crippen LogP contribution in [0.2, 0.25) is 0 Å². The minimum atomic E-state index is 0.430. The van der Waals surface area contributed by atoms with Crippen molar-refractivity contribution in [1.29, 1.82) is 5.41 Å². The third-order valence-electron chi connectivity index (χ3n) is 5.30. The Kier molecular flexibility index (Phi) is 6.26. The van der Waals surface area contributed by atoms with E-state index in [1.165, 1.54) is 6.21 Å². The van der Waals surface area contributed by atoms with E-state index in [0.29, 0.717) is 22.9 Å². The highest BCUT2D eigenvalue weighted by atomic mass is 15.0. The number of aromatic nitrogens is 4. The maximum absolute atomic E-state index is 7.95. The number of rotatable bonds is 7. The minimum absolute atomic E-state index is 0.430. The van der Waals surface area contributed by atoms with Gasteiger partial charge in [-0.1, -0.05) is 75.0 Å². The number of nitrogens with one attached hydrogen (secondary N) is 1. The Balaban J connectivity index is 2.02. The van der Waals surface area contributed by atoms with Crippen molar-refractivity contribution in [2.75, 3.05) is 0 Å². The highest BCUT2D eigenvalue weighted by molar-refractivity contribution is 5.94. The van der Waals surface area contributed by atoms with Crippen molar-refractivity contribution in [3.8, 4) is 22.9 Å². The normalized spacial score (nSPS) is 11.5.